The zero-order chi connectivity index (χ0) is 20.8. The van der Waals surface area contributed by atoms with E-state index in [9.17, 15) is 4.79 Å². The van der Waals surface area contributed by atoms with Gasteiger partial charge in [0.25, 0.3) is 0 Å². The van der Waals surface area contributed by atoms with Gasteiger partial charge in [0.1, 0.15) is 17.3 Å². The number of anilines is 1. The summed E-state index contributed by atoms with van der Waals surface area (Å²) in [4.78, 5) is 26.2. The summed E-state index contributed by atoms with van der Waals surface area (Å²) in [6.45, 7) is 7.44. The van der Waals surface area contributed by atoms with Crippen LogP contribution in [0.4, 0.5) is 5.82 Å². The van der Waals surface area contributed by atoms with E-state index in [2.05, 4.69) is 20.3 Å². The highest BCUT2D eigenvalue weighted by Crippen LogP contribution is 2.32. The Kier molecular flexibility index (Phi) is 4.69. The van der Waals surface area contributed by atoms with Crippen molar-refractivity contribution in [3.63, 3.8) is 0 Å². The quantitative estimate of drug-likeness (QED) is 0.690. The third-order valence-corrected chi connectivity index (χ3v) is 6.07. The Morgan fingerprint density at radius 1 is 1.27 bits per heavy atom. The van der Waals surface area contributed by atoms with Crippen LogP contribution in [0.1, 0.15) is 28.6 Å². The van der Waals surface area contributed by atoms with Crippen LogP contribution in [-0.2, 0) is 24.2 Å². The number of amides is 1. The van der Waals surface area contributed by atoms with Crippen LogP contribution in [0.15, 0.2) is 16.7 Å². The number of aromatic nitrogens is 4. The van der Waals surface area contributed by atoms with E-state index >= 15 is 0 Å². The predicted molar refractivity (Wildman–Crippen MR) is 111 cm³/mol. The van der Waals surface area contributed by atoms with E-state index < -0.39 is 0 Å². The number of hydrogen-bond donors (Lipinski definition) is 1. The van der Waals surface area contributed by atoms with Crippen molar-refractivity contribution in [2.75, 3.05) is 38.1 Å². The van der Waals surface area contributed by atoms with Crippen molar-refractivity contribution in [2.45, 2.75) is 33.2 Å². The molecule has 9 nitrogen and oxygen atoms in total. The van der Waals surface area contributed by atoms with Crippen LogP contribution in [0.25, 0.3) is 5.65 Å². The van der Waals surface area contributed by atoms with Crippen molar-refractivity contribution in [2.24, 2.45) is 5.92 Å². The molecule has 5 rings (SSSR count). The van der Waals surface area contributed by atoms with Gasteiger partial charge in [0.05, 0.1) is 24.4 Å². The monoisotopic (exact) mass is 409 g/mol. The van der Waals surface area contributed by atoms with E-state index in [1.165, 1.54) is 5.56 Å². The average Bonchev–Trinajstić information content (AvgIpc) is 3.18. The molecule has 30 heavy (non-hydrogen) atoms. The number of rotatable bonds is 4. The minimum atomic E-state index is -0.0263. The van der Waals surface area contributed by atoms with Crippen LogP contribution in [0.2, 0.25) is 0 Å². The molecule has 0 bridgehead atoms. The number of fused-ring (bicyclic) bond motifs is 2. The van der Waals surface area contributed by atoms with E-state index in [1.807, 2.05) is 31.5 Å². The van der Waals surface area contributed by atoms with Gasteiger partial charge in [0, 0.05) is 51.7 Å². The van der Waals surface area contributed by atoms with E-state index in [4.69, 9.17) is 9.40 Å². The van der Waals surface area contributed by atoms with Crippen molar-refractivity contribution < 1.29 is 9.21 Å². The standard InChI is InChI=1S/C21H27N7O2/c1-13-18(24-14(2)30-13)12-26(3)21(29)15-10-27(11-15)20-16-4-7-22-8-5-17(16)25-19-6-9-23-28(19)20/h6,9,15,22H,4-5,7-8,10-12H2,1-3H3. The fourth-order valence-electron chi connectivity index (χ4n) is 4.48. The highest BCUT2D eigenvalue weighted by atomic mass is 16.4. The fourth-order valence-corrected chi connectivity index (χ4v) is 4.48. The normalized spacial score (nSPS) is 17.0. The molecular weight excluding hydrogens is 382 g/mol. The van der Waals surface area contributed by atoms with Crippen molar-refractivity contribution in [1.29, 1.82) is 0 Å². The van der Waals surface area contributed by atoms with Gasteiger partial charge in [-0.3, -0.25) is 4.79 Å². The topological polar surface area (TPSA) is 91.8 Å². The van der Waals surface area contributed by atoms with E-state index in [0.717, 1.165) is 54.5 Å². The Labute approximate surface area is 175 Å². The van der Waals surface area contributed by atoms with Crippen molar-refractivity contribution in [1.82, 2.24) is 29.8 Å². The molecule has 0 saturated carbocycles. The summed E-state index contributed by atoms with van der Waals surface area (Å²) in [5, 5.41) is 7.96. The van der Waals surface area contributed by atoms with Crippen LogP contribution >= 0.6 is 0 Å². The molecule has 0 unspecified atom stereocenters. The fraction of sp³-hybridized carbons (Fsp3) is 0.524. The first-order valence-corrected chi connectivity index (χ1v) is 10.5. The molecule has 0 aromatic carbocycles. The summed E-state index contributed by atoms with van der Waals surface area (Å²) in [7, 11) is 1.84. The summed E-state index contributed by atoms with van der Waals surface area (Å²) < 4.78 is 7.42. The predicted octanol–water partition coefficient (Wildman–Crippen LogP) is 1.12. The summed E-state index contributed by atoms with van der Waals surface area (Å²) in [5.74, 6) is 2.62. The van der Waals surface area contributed by atoms with Gasteiger partial charge in [-0.1, -0.05) is 0 Å². The Hall–Kier alpha value is -2.94. The molecule has 0 atom stereocenters. The van der Waals surface area contributed by atoms with Crippen LogP contribution in [0, 0.1) is 19.8 Å². The molecule has 9 heteroatoms. The van der Waals surface area contributed by atoms with Gasteiger partial charge in [-0.2, -0.15) is 9.61 Å². The molecule has 0 spiro atoms. The zero-order valence-corrected chi connectivity index (χ0v) is 17.7. The molecule has 1 N–H and O–H groups in total. The molecule has 158 valence electrons. The largest absolute Gasteiger partial charge is 0.446 e. The number of oxazole rings is 1. The molecule has 5 heterocycles. The van der Waals surface area contributed by atoms with Crippen molar-refractivity contribution in [3.8, 4) is 0 Å². The number of nitrogens with zero attached hydrogens (tertiary/aromatic N) is 6. The molecule has 3 aromatic heterocycles. The number of hydrogen-bond acceptors (Lipinski definition) is 7. The second kappa shape index (κ2) is 7.39. The van der Waals surface area contributed by atoms with Crippen LogP contribution in [-0.4, -0.2) is 63.6 Å². The van der Waals surface area contributed by atoms with Gasteiger partial charge < -0.3 is 19.5 Å². The average molecular weight is 409 g/mol. The summed E-state index contributed by atoms with van der Waals surface area (Å²) in [5.41, 5.74) is 4.09. The van der Waals surface area contributed by atoms with Crippen molar-refractivity contribution >= 4 is 17.4 Å². The lowest BCUT2D eigenvalue weighted by Gasteiger charge is -2.42. The van der Waals surface area contributed by atoms with Crippen LogP contribution in [0.3, 0.4) is 0 Å². The molecule has 2 aliphatic rings. The molecule has 0 radical (unpaired) electrons. The van der Waals surface area contributed by atoms with Gasteiger partial charge in [0.15, 0.2) is 11.5 Å². The first kappa shape index (κ1) is 19.0. The second-order valence-electron chi connectivity index (χ2n) is 8.24. The maximum atomic E-state index is 13.0. The molecule has 1 amide bonds. The minimum Gasteiger partial charge on any atom is -0.446 e. The number of carbonyl (C=O) groups is 1. The zero-order valence-electron chi connectivity index (χ0n) is 17.7. The first-order chi connectivity index (χ1) is 14.5. The molecule has 0 aliphatic carbocycles. The third kappa shape index (κ3) is 3.23. The second-order valence-corrected chi connectivity index (χ2v) is 8.24. The lowest BCUT2D eigenvalue weighted by Crippen LogP contribution is -2.54. The van der Waals surface area contributed by atoms with E-state index in [0.29, 0.717) is 25.5 Å². The first-order valence-electron chi connectivity index (χ1n) is 10.5. The van der Waals surface area contributed by atoms with Gasteiger partial charge in [-0.05, 0) is 19.9 Å². The summed E-state index contributed by atoms with van der Waals surface area (Å²) in [6.07, 6.45) is 3.63. The molecule has 1 fully saturated rings. The summed E-state index contributed by atoms with van der Waals surface area (Å²) >= 11 is 0. The summed E-state index contributed by atoms with van der Waals surface area (Å²) in [6, 6.07) is 1.94. The molecule has 3 aromatic rings. The van der Waals surface area contributed by atoms with E-state index in [1.54, 1.807) is 11.1 Å². The highest BCUT2D eigenvalue weighted by molar-refractivity contribution is 5.82. The van der Waals surface area contributed by atoms with Gasteiger partial charge in [-0.15, -0.1) is 0 Å². The minimum absolute atomic E-state index is 0.0263. The highest BCUT2D eigenvalue weighted by Gasteiger charge is 2.37. The SMILES string of the molecule is Cc1nc(CN(C)C(=O)C2CN(c3c4c(nc5ccnn35)CCNCC4)C2)c(C)o1. The number of carbonyl (C=O) groups excluding carboxylic acids is 1. The van der Waals surface area contributed by atoms with E-state index in [-0.39, 0.29) is 11.8 Å². The third-order valence-electron chi connectivity index (χ3n) is 6.07. The lowest BCUT2D eigenvalue weighted by molar-refractivity contribution is -0.135. The van der Waals surface area contributed by atoms with Gasteiger partial charge in [-0.25, -0.2) is 9.97 Å². The maximum Gasteiger partial charge on any atom is 0.229 e. The Morgan fingerprint density at radius 2 is 2.07 bits per heavy atom. The number of nitrogens with one attached hydrogen (secondary N) is 1. The van der Waals surface area contributed by atoms with Gasteiger partial charge >= 0.3 is 0 Å². The van der Waals surface area contributed by atoms with Gasteiger partial charge in [0.2, 0.25) is 5.91 Å². The molecule has 2 aliphatic heterocycles. The Morgan fingerprint density at radius 3 is 2.83 bits per heavy atom. The smallest absolute Gasteiger partial charge is 0.229 e. The molecule has 1 saturated heterocycles. The Bertz CT molecular complexity index is 1100. The lowest BCUT2D eigenvalue weighted by atomic mass is 9.96. The maximum absolute atomic E-state index is 13.0. The van der Waals surface area contributed by atoms with Crippen molar-refractivity contribution in [3.05, 3.63) is 40.9 Å². The van der Waals surface area contributed by atoms with Crippen LogP contribution in [0.5, 0.6) is 0 Å². The Balaban J connectivity index is 1.33. The number of aryl methyl sites for hydroxylation is 2. The molecular formula is C21H27N7O2. The van der Waals surface area contributed by atoms with Crippen LogP contribution < -0.4 is 10.2 Å².